The molecule has 0 heterocycles. The number of hydrogen-bond donors (Lipinski definition) is 0. The summed E-state index contributed by atoms with van der Waals surface area (Å²) in [6.45, 7) is 5.71. The molecule has 0 saturated carbocycles. The van der Waals surface area contributed by atoms with Gasteiger partial charge in [-0.25, -0.2) is 4.79 Å². The van der Waals surface area contributed by atoms with E-state index < -0.39 is 0 Å². The molecule has 0 fully saturated rings. The fourth-order valence-electron chi connectivity index (χ4n) is 2.51. The van der Waals surface area contributed by atoms with Crippen molar-refractivity contribution in [1.82, 2.24) is 0 Å². The lowest BCUT2D eigenvalue weighted by Crippen LogP contribution is -2.08. The molecule has 4 heteroatoms. The Kier molecular flexibility index (Phi) is 9.25. The van der Waals surface area contributed by atoms with E-state index in [1.165, 1.54) is 19.3 Å². The quantitative estimate of drug-likeness (QED) is 0.259. The fourth-order valence-corrected chi connectivity index (χ4v) is 2.51. The van der Waals surface area contributed by atoms with Crippen molar-refractivity contribution in [2.75, 3.05) is 13.2 Å². The van der Waals surface area contributed by atoms with E-state index in [0.29, 0.717) is 24.5 Å². The first kappa shape index (κ1) is 20.8. The van der Waals surface area contributed by atoms with E-state index in [1.807, 2.05) is 12.1 Å². The number of rotatable bonds is 12. The van der Waals surface area contributed by atoms with Crippen LogP contribution < -0.4 is 14.2 Å². The Morgan fingerprint density at radius 3 is 1.78 bits per heavy atom. The molecule has 0 aliphatic heterocycles. The standard InChI is InChI=1S/C23H30O4/c1-3-5-7-8-18-26-21-13-15-22(16-14-21)27-23(24)19-9-11-20(12-10-19)25-17-6-4-2/h9-16H,3-8,17-18H2,1-2H3. The predicted molar refractivity (Wildman–Crippen MR) is 108 cm³/mol. The van der Waals surface area contributed by atoms with Crippen molar-refractivity contribution >= 4 is 5.97 Å². The first-order chi connectivity index (χ1) is 13.2. The van der Waals surface area contributed by atoms with Gasteiger partial charge in [-0.1, -0.05) is 39.5 Å². The van der Waals surface area contributed by atoms with E-state index in [-0.39, 0.29) is 5.97 Å². The average Bonchev–Trinajstić information content (AvgIpc) is 2.70. The SMILES string of the molecule is CCCCCCOc1ccc(OC(=O)c2ccc(OCCCC)cc2)cc1. The first-order valence-corrected chi connectivity index (χ1v) is 9.90. The molecule has 146 valence electrons. The van der Waals surface area contributed by atoms with E-state index in [0.717, 1.165) is 30.8 Å². The van der Waals surface area contributed by atoms with Crippen molar-refractivity contribution in [3.8, 4) is 17.2 Å². The van der Waals surface area contributed by atoms with Crippen molar-refractivity contribution in [3.63, 3.8) is 0 Å². The Bertz CT molecular complexity index is 662. The second-order valence-corrected chi connectivity index (χ2v) is 6.50. The van der Waals surface area contributed by atoms with E-state index in [9.17, 15) is 4.79 Å². The van der Waals surface area contributed by atoms with Gasteiger partial charge in [0.05, 0.1) is 18.8 Å². The van der Waals surface area contributed by atoms with E-state index >= 15 is 0 Å². The second kappa shape index (κ2) is 12.0. The smallest absolute Gasteiger partial charge is 0.343 e. The van der Waals surface area contributed by atoms with Crippen LogP contribution in [0.25, 0.3) is 0 Å². The highest BCUT2D eigenvalue weighted by Crippen LogP contribution is 2.20. The van der Waals surface area contributed by atoms with Crippen LogP contribution in [-0.4, -0.2) is 19.2 Å². The summed E-state index contributed by atoms with van der Waals surface area (Å²) in [5.41, 5.74) is 0.495. The van der Waals surface area contributed by atoms with Crippen LogP contribution in [0.2, 0.25) is 0 Å². The lowest BCUT2D eigenvalue weighted by Gasteiger charge is -2.08. The van der Waals surface area contributed by atoms with Gasteiger partial charge in [-0.3, -0.25) is 0 Å². The van der Waals surface area contributed by atoms with Gasteiger partial charge in [0.25, 0.3) is 0 Å². The summed E-state index contributed by atoms with van der Waals surface area (Å²) in [6, 6.07) is 14.2. The van der Waals surface area contributed by atoms with E-state index in [2.05, 4.69) is 13.8 Å². The molecule has 2 aromatic rings. The summed E-state index contributed by atoms with van der Waals surface area (Å²) < 4.78 is 16.7. The third-order valence-corrected chi connectivity index (χ3v) is 4.16. The number of unbranched alkanes of at least 4 members (excludes halogenated alkanes) is 4. The highest BCUT2D eigenvalue weighted by Gasteiger charge is 2.09. The Morgan fingerprint density at radius 2 is 1.19 bits per heavy atom. The van der Waals surface area contributed by atoms with Crippen molar-refractivity contribution < 1.29 is 19.0 Å². The highest BCUT2D eigenvalue weighted by atomic mass is 16.5. The zero-order chi connectivity index (χ0) is 19.3. The molecule has 0 N–H and O–H groups in total. The molecule has 27 heavy (non-hydrogen) atoms. The third kappa shape index (κ3) is 7.73. The summed E-state index contributed by atoms with van der Waals surface area (Å²) in [5.74, 6) is 1.67. The van der Waals surface area contributed by atoms with Gasteiger partial charge in [0.1, 0.15) is 17.2 Å². The van der Waals surface area contributed by atoms with Crippen LogP contribution in [0.4, 0.5) is 0 Å². The summed E-state index contributed by atoms with van der Waals surface area (Å²) in [5, 5.41) is 0. The van der Waals surface area contributed by atoms with Gasteiger partial charge in [0.2, 0.25) is 0 Å². The van der Waals surface area contributed by atoms with Crippen LogP contribution in [0.15, 0.2) is 48.5 Å². The summed E-state index contributed by atoms with van der Waals surface area (Å²) in [6.07, 6.45) is 6.81. The molecule has 0 atom stereocenters. The zero-order valence-electron chi connectivity index (χ0n) is 16.4. The molecule has 0 radical (unpaired) electrons. The van der Waals surface area contributed by atoms with Crippen molar-refractivity contribution in [2.24, 2.45) is 0 Å². The maximum absolute atomic E-state index is 12.2. The maximum atomic E-state index is 12.2. The maximum Gasteiger partial charge on any atom is 0.343 e. The minimum atomic E-state index is -0.386. The fraction of sp³-hybridized carbons (Fsp3) is 0.435. The van der Waals surface area contributed by atoms with E-state index in [1.54, 1.807) is 36.4 Å². The molecule has 0 bridgehead atoms. The average molecular weight is 370 g/mol. The van der Waals surface area contributed by atoms with Crippen LogP contribution in [0, 0.1) is 0 Å². The summed E-state index contributed by atoms with van der Waals surface area (Å²) >= 11 is 0. The lowest BCUT2D eigenvalue weighted by atomic mass is 10.2. The number of hydrogen-bond acceptors (Lipinski definition) is 4. The van der Waals surface area contributed by atoms with Crippen molar-refractivity contribution in [1.29, 1.82) is 0 Å². The second-order valence-electron chi connectivity index (χ2n) is 6.50. The predicted octanol–water partition coefficient (Wildman–Crippen LogP) is 6.04. The number of carbonyl (C=O) groups is 1. The number of ether oxygens (including phenoxy) is 3. The molecule has 0 amide bonds. The normalized spacial score (nSPS) is 10.4. The summed E-state index contributed by atoms with van der Waals surface area (Å²) in [4.78, 5) is 12.2. The third-order valence-electron chi connectivity index (χ3n) is 4.16. The first-order valence-electron chi connectivity index (χ1n) is 9.90. The Morgan fingerprint density at radius 1 is 0.667 bits per heavy atom. The van der Waals surface area contributed by atoms with Crippen molar-refractivity contribution in [3.05, 3.63) is 54.1 Å². The molecule has 2 aromatic carbocycles. The molecule has 2 rings (SSSR count). The van der Waals surface area contributed by atoms with Gasteiger partial charge in [-0.2, -0.15) is 0 Å². The van der Waals surface area contributed by atoms with Crippen LogP contribution >= 0.6 is 0 Å². The van der Waals surface area contributed by atoms with Crippen LogP contribution in [0.3, 0.4) is 0 Å². The Balaban J connectivity index is 1.79. The number of esters is 1. The molecule has 0 saturated heterocycles. The topological polar surface area (TPSA) is 44.8 Å². The van der Waals surface area contributed by atoms with Crippen LogP contribution in [-0.2, 0) is 0 Å². The minimum absolute atomic E-state index is 0.386. The molecule has 0 aliphatic carbocycles. The zero-order valence-corrected chi connectivity index (χ0v) is 16.4. The monoisotopic (exact) mass is 370 g/mol. The van der Waals surface area contributed by atoms with Gasteiger partial charge >= 0.3 is 5.97 Å². The van der Waals surface area contributed by atoms with Gasteiger partial charge in [0.15, 0.2) is 0 Å². The number of carbonyl (C=O) groups excluding carboxylic acids is 1. The lowest BCUT2D eigenvalue weighted by molar-refractivity contribution is 0.0734. The molecule has 0 unspecified atom stereocenters. The largest absolute Gasteiger partial charge is 0.494 e. The van der Waals surface area contributed by atoms with E-state index in [4.69, 9.17) is 14.2 Å². The van der Waals surface area contributed by atoms with Gasteiger partial charge in [0, 0.05) is 0 Å². The molecule has 4 nitrogen and oxygen atoms in total. The Hall–Kier alpha value is -2.49. The molecule has 0 aliphatic rings. The van der Waals surface area contributed by atoms with Crippen LogP contribution in [0.1, 0.15) is 62.7 Å². The number of benzene rings is 2. The molecular weight excluding hydrogens is 340 g/mol. The minimum Gasteiger partial charge on any atom is -0.494 e. The molecule has 0 spiro atoms. The molecule has 0 aromatic heterocycles. The van der Waals surface area contributed by atoms with Gasteiger partial charge in [-0.05, 0) is 61.4 Å². The van der Waals surface area contributed by atoms with Crippen LogP contribution in [0.5, 0.6) is 17.2 Å². The summed E-state index contributed by atoms with van der Waals surface area (Å²) in [7, 11) is 0. The van der Waals surface area contributed by atoms with Crippen molar-refractivity contribution in [2.45, 2.75) is 52.4 Å². The Labute approximate surface area is 162 Å². The highest BCUT2D eigenvalue weighted by molar-refractivity contribution is 5.91. The van der Waals surface area contributed by atoms with Gasteiger partial charge in [-0.15, -0.1) is 0 Å². The molecular formula is C23H30O4. The van der Waals surface area contributed by atoms with Gasteiger partial charge < -0.3 is 14.2 Å².